The summed E-state index contributed by atoms with van der Waals surface area (Å²) in [4.78, 5) is 37.3. The van der Waals surface area contributed by atoms with Gasteiger partial charge in [-0.25, -0.2) is 14.0 Å². The van der Waals surface area contributed by atoms with Gasteiger partial charge in [0.05, 0.1) is 18.6 Å². The summed E-state index contributed by atoms with van der Waals surface area (Å²) < 4.78 is 25.7. The van der Waals surface area contributed by atoms with Crippen molar-refractivity contribution < 1.29 is 28.2 Å². The van der Waals surface area contributed by atoms with E-state index in [1.165, 1.54) is 31.4 Å². The standard InChI is InChI=1S/C35H33FN2O5/c1-24(33(39)37-22-25-13-15-28(16-14-25)27-11-7-4-8-12-27)21-31(36)32(29-17-19-30(20-18-29)34(40)42-2)38-35(41)43-23-26-9-5-3-6-10-26/h3-21,24,32H,22-23H2,1-2H3,(H,37,39)(H,38,41). The van der Waals surface area contributed by atoms with Gasteiger partial charge in [0.15, 0.2) is 0 Å². The van der Waals surface area contributed by atoms with Gasteiger partial charge >= 0.3 is 12.1 Å². The summed E-state index contributed by atoms with van der Waals surface area (Å²) in [5.74, 6) is -2.53. The van der Waals surface area contributed by atoms with E-state index < -0.39 is 29.8 Å². The largest absolute Gasteiger partial charge is 0.465 e. The van der Waals surface area contributed by atoms with Crippen molar-refractivity contribution in [1.29, 1.82) is 0 Å². The fourth-order valence-electron chi connectivity index (χ4n) is 4.33. The van der Waals surface area contributed by atoms with E-state index in [1.807, 2.05) is 72.8 Å². The molecule has 0 aliphatic heterocycles. The number of rotatable bonds is 11. The van der Waals surface area contributed by atoms with Gasteiger partial charge in [-0.1, -0.05) is 97.1 Å². The second kappa shape index (κ2) is 15.1. The normalized spacial score (nSPS) is 12.5. The first kappa shape index (κ1) is 30.7. The number of methoxy groups -OCH3 is 1. The molecular formula is C35H33FN2O5. The van der Waals surface area contributed by atoms with E-state index in [4.69, 9.17) is 9.47 Å². The third-order valence-electron chi connectivity index (χ3n) is 6.77. The summed E-state index contributed by atoms with van der Waals surface area (Å²) in [6, 6.07) is 31.6. The fourth-order valence-corrected chi connectivity index (χ4v) is 4.33. The number of benzene rings is 4. The van der Waals surface area contributed by atoms with Crippen molar-refractivity contribution in [1.82, 2.24) is 10.6 Å². The predicted molar refractivity (Wildman–Crippen MR) is 162 cm³/mol. The van der Waals surface area contributed by atoms with E-state index in [-0.39, 0.29) is 24.6 Å². The topological polar surface area (TPSA) is 93.7 Å². The maximum absolute atomic E-state index is 15.7. The Morgan fingerprint density at radius 3 is 2.02 bits per heavy atom. The van der Waals surface area contributed by atoms with E-state index in [2.05, 4.69) is 10.6 Å². The van der Waals surface area contributed by atoms with Crippen molar-refractivity contribution in [2.75, 3.05) is 7.11 Å². The first-order valence-electron chi connectivity index (χ1n) is 13.8. The molecule has 0 aliphatic carbocycles. The summed E-state index contributed by atoms with van der Waals surface area (Å²) >= 11 is 0. The molecule has 0 fully saturated rings. The summed E-state index contributed by atoms with van der Waals surface area (Å²) in [6.45, 7) is 1.84. The molecule has 0 aliphatic rings. The summed E-state index contributed by atoms with van der Waals surface area (Å²) in [6.07, 6.45) is 0.315. The number of alkyl carbamates (subject to hydrolysis) is 1. The zero-order valence-electron chi connectivity index (χ0n) is 24.0. The molecular weight excluding hydrogens is 547 g/mol. The molecule has 2 atom stereocenters. The molecule has 8 heteroatoms. The van der Waals surface area contributed by atoms with Crippen molar-refractivity contribution >= 4 is 18.0 Å². The molecule has 2 unspecified atom stereocenters. The monoisotopic (exact) mass is 580 g/mol. The lowest BCUT2D eigenvalue weighted by Gasteiger charge is -2.19. The van der Waals surface area contributed by atoms with Crippen LogP contribution in [0.1, 0.15) is 40.0 Å². The van der Waals surface area contributed by atoms with Crippen molar-refractivity contribution in [3.8, 4) is 11.1 Å². The van der Waals surface area contributed by atoms with Gasteiger partial charge in [-0.2, -0.15) is 0 Å². The minimum absolute atomic E-state index is 0.00284. The highest BCUT2D eigenvalue weighted by molar-refractivity contribution is 5.89. The van der Waals surface area contributed by atoms with Gasteiger partial charge in [0, 0.05) is 6.54 Å². The predicted octanol–water partition coefficient (Wildman–Crippen LogP) is 6.91. The first-order valence-corrected chi connectivity index (χ1v) is 13.8. The molecule has 0 heterocycles. The number of carbonyl (C=O) groups is 3. The van der Waals surface area contributed by atoms with Crippen molar-refractivity contribution in [3.63, 3.8) is 0 Å². The summed E-state index contributed by atoms with van der Waals surface area (Å²) in [7, 11) is 1.26. The number of hydrogen-bond acceptors (Lipinski definition) is 5. The smallest absolute Gasteiger partial charge is 0.408 e. The number of ether oxygens (including phenoxy) is 2. The first-order chi connectivity index (χ1) is 20.8. The molecule has 220 valence electrons. The molecule has 0 saturated carbocycles. The molecule has 0 radical (unpaired) electrons. The number of hydrogen-bond donors (Lipinski definition) is 2. The molecule has 7 nitrogen and oxygen atoms in total. The van der Waals surface area contributed by atoms with Crippen molar-refractivity contribution in [2.24, 2.45) is 5.92 Å². The summed E-state index contributed by atoms with van der Waals surface area (Å²) in [5, 5.41) is 5.37. The quantitative estimate of drug-likeness (QED) is 0.188. The zero-order chi connectivity index (χ0) is 30.6. The lowest BCUT2D eigenvalue weighted by Crippen LogP contribution is -2.31. The Balaban J connectivity index is 1.42. The van der Waals surface area contributed by atoms with Gasteiger partial charge in [0.25, 0.3) is 0 Å². The van der Waals surface area contributed by atoms with Crippen LogP contribution >= 0.6 is 0 Å². The zero-order valence-corrected chi connectivity index (χ0v) is 24.0. The Bertz CT molecular complexity index is 1540. The second-order valence-corrected chi connectivity index (χ2v) is 9.87. The van der Waals surface area contributed by atoms with Crippen LogP contribution in [0.15, 0.2) is 121 Å². The van der Waals surface area contributed by atoms with Crippen LogP contribution in [0.5, 0.6) is 0 Å². The van der Waals surface area contributed by atoms with Gasteiger partial charge in [-0.05, 0) is 52.9 Å². The third-order valence-corrected chi connectivity index (χ3v) is 6.77. The van der Waals surface area contributed by atoms with Crippen LogP contribution < -0.4 is 10.6 Å². The number of carbonyl (C=O) groups excluding carboxylic acids is 3. The number of amides is 2. The highest BCUT2D eigenvalue weighted by Gasteiger charge is 2.23. The highest BCUT2D eigenvalue weighted by atomic mass is 19.1. The Morgan fingerprint density at radius 2 is 1.40 bits per heavy atom. The molecule has 4 rings (SSSR count). The van der Waals surface area contributed by atoms with Crippen molar-refractivity contribution in [3.05, 3.63) is 143 Å². The molecule has 2 N–H and O–H groups in total. The van der Waals surface area contributed by atoms with Crippen molar-refractivity contribution in [2.45, 2.75) is 26.1 Å². The minimum atomic E-state index is -1.25. The minimum Gasteiger partial charge on any atom is -0.465 e. The number of esters is 1. The van der Waals surface area contributed by atoms with Gasteiger partial charge in [0.1, 0.15) is 18.5 Å². The van der Waals surface area contributed by atoms with Gasteiger partial charge in [-0.15, -0.1) is 0 Å². The maximum atomic E-state index is 15.7. The van der Waals surface area contributed by atoms with Crippen LogP contribution in [0, 0.1) is 5.92 Å². The van der Waals surface area contributed by atoms with Gasteiger partial charge < -0.3 is 20.1 Å². The van der Waals surface area contributed by atoms with Crippen LogP contribution in [0.3, 0.4) is 0 Å². The second-order valence-electron chi connectivity index (χ2n) is 9.87. The molecule has 2 amide bonds. The van der Waals surface area contributed by atoms with Crippen LogP contribution in [-0.4, -0.2) is 25.1 Å². The Labute approximate surface area is 250 Å². The fraction of sp³-hybridized carbons (Fsp3) is 0.171. The third kappa shape index (κ3) is 8.87. The van der Waals surface area contributed by atoms with E-state index in [9.17, 15) is 14.4 Å². The van der Waals surface area contributed by atoms with Crippen LogP contribution in [0.4, 0.5) is 9.18 Å². The molecule has 0 bridgehead atoms. The molecule has 0 spiro atoms. The molecule has 4 aromatic rings. The van der Waals surface area contributed by atoms with Gasteiger partial charge in [0.2, 0.25) is 5.91 Å². The number of nitrogens with one attached hydrogen (secondary N) is 2. The molecule has 0 aromatic heterocycles. The van der Waals surface area contributed by atoms with E-state index in [0.29, 0.717) is 5.56 Å². The SMILES string of the molecule is COC(=O)c1ccc(C(NC(=O)OCc2ccccc2)C(F)=CC(C)C(=O)NCc2ccc(-c3ccccc3)cc2)cc1. The molecule has 43 heavy (non-hydrogen) atoms. The number of halogens is 1. The van der Waals surface area contributed by atoms with E-state index >= 15 is 4.39 Å². The Hall–Kier alpha value is -5.24. The van der Waals surface area contributed by atoms with Crippen LogP contribution in [-0.2, 0) is 27.4 Å². The lowest BCUT2D eigenvalue weighted by molar-refractivity contribution is -0.123. The van der Waals surface area contributed by atoms with E-state index in [0.717, 1.165) is 28.3 Å². The Morgan fingerprint density at radius 1 is 0.791 bits per heavy atom. The molecule has 4 aromatic carbocycles. The maximum Gasteiger partial charge on any atom is 0.408 e. The van der Waals surface area contributed by atoms with Gasteiger partial charge in [-0.3, -0.25) is 4.79 Å². The average Bonchev–Trinajstić information content (AvgIpc) is 3.05. The Kier molecular flexibility index (Phi) is 10.8. The van der Waals surface area contributed by atoms with Crippen LogP contribution in [0.25, 0.3) is 11.1 Å². The summed E-state index contributed by atoms with van der Waals surface area (Å²) in [5.41, 5.74) is 4.45. The van der Waals surface area contributed by atoms with Crippen LogP contribution in [0.2, 0.25) is 0 Å². The average molecular weight is 581 g/mol. The lowest BCUT2D eigenvalue weighted by atomic mass is 10.0. The molecule has 0 saturated heterocycles. The highest BCUT2D eigenvalue weighted by Crippen LogP contribution is 2.26. The van der Waals surface area contributed by atoms with E-state index in [1.54, 1.807) is 19.1 Å².